The second kappa shape index (κ2) is 4.21. The highest BCUT2D eigenvalue weighted by molar-refractivity contribution is 9.10. The third-order valence-corrected chi connectivity index (χ3v) is 3.54. The molecule has 2 nitrogen and oxygen atoms in total. The van der Waals surface area contributed by atoms with Gasteiger partial charge in [0.15, 0.2) is 0 Å². The van der Waals surface area contributed by atoms with Crippen LogP contribution in [0.2, 0.25) is 0 Å². The average molecular weight is 266 g/mol. The molecule has 0 aliphatic rings. The Balaban J connectivity index is 2.42. The van der Waals surface area contributed by atoms with Gasteiger partial charge < -0.3 is 10.2 Å². The van der Waals surface area contributed by atoms with Crippen LogP contribution in [0.25, 0.3) is 0 Å². The Kier molecular flexibility index (Phi) is 2.93. The van der Waals surface area contributed by atoms with E-state index in [9.17, 15) is 0 Å². The quantitative estimate of drug-likeness (QED) is 0.904. The molecule has 0 radical (unpaired) electrons. The van der Waals surface area contributed by atoms with Gasteiger partial charge in [-0.15, -0.1) is 0 Å². The van der Waals surface area contributed by atoms with Crippen LogP contribution < -0.4 is 5.73 Å². The lowest BCUT2D eigenvalue weighted by molar-refractivity contribution is 0.562. The second-order valence-electron chi connectivity index (χ2n) is 3.51. The molecule has 0 aliphatic carbocycles. The summed E-state index contributed by atoms with van der Waals surface area (Å²) in [5, 5.41) is 0. The first-order valence-corrected chi connectivity index (χ1v) is 5.52. The molecule has 0 fully saturated rings. The molecule has 1 heterocycles. The van der Waals surface area contributed by atoms with Crippen LogP contribution in [0.1, 0.15) is 22.7 Å². The summed E-state index contributed by atoms with van der Waals surface area (Å²) in [4.78, 5) is 0. The maximum atomic E-state index is 6.14. The van der Waals surface area contributed by atoms with Crippen molar-refractivity contribution in [2.45, 2.75) is 13.0 Å². The fourth-order valence-electron chi connectivity index (χ4n) is 1.54. The van der Waals surface area contributed by atoms with Crippen LogP contribution in [0.4, 0.5) is 0 Å². The van der Waals surface area contributed by atoms with Crippen molar-refractivity contribution < 1.29 is 4.42 Å². The van der Waals surface area contributed by atoms with Gasteiger partial charge in [0, 0.05) is 10.0 Å². The zero-order valence-corrected chi connectivity index (χ0v) is 9.99. The number of halogens is 1. The van der Waals surface area contributed by atoms with E-state index in [1.165, 1.54) is 5.56 Å². The van der Waals surface area contributed by atoms with E-state index in [1.807, 2.05) is 18.2 Å². The summed E-state index contributed by atoms with van der Waals surface area (Å²) in [7, 11) is 0. The lowest BCUT2D eigenvalue weighted by atomic mass is 10.0. The Morgan fingerprint density at radius 1 is 1.33 bits per heavy atom. The predicted octanol–water partition coefficient (Wildman–Crippen LogP) is 3.40. The van der Waals surface area contributed by atoms with Crippen LogP contribution in [0.15, 0.2) is 45.7 Å². The standard InChI is InChI=1S/C12H12BrNO/c1-8-3-2-4-10(11(8)13)12(14)9-5-6-15-7-9/h2-7,12H,14H2,1H3. The van der Waals surface area contributed by atoms with Gasteiger partial charge in [0.25, 0.3) is 0 Å². The minimum absolute atomic E-state index is 0.141. The molecule has 0 aliphatic heterocycles. The van der Waals surface area contributed by atoms with Gasteiger partial charge >= 0.3 is 0 Å². The van der Waals surface area contributed by atoms with Gasteiger partial charge in [0.05, 0.1) is 18.6 Å². The number of hydrogen-bond donors (Lipinski definition) is 1. The van der Waals surface area contributed by atoms with Gasteiger partial charge in [-0.3, -0.25) is 0 Å². The topological polar surface area (TPSA) is 39.2 Å². The van der Waals surface area contributed by atoms with Crippen molar-refractivity contribution in [3.8, 4) is 0 Å². The molecule has 0 amide bonds. The zero-order chi connectivity index (χ0) is 10.8. The molecule has 0 spiro atoms. The Hall–Kier alpha value is -1.06. The van der Waals surface area contributed by atoms with Gasteiger partial charge in [-0.1, -0.05) is 34.1 Å². The van der Waals surface area contributed by atoms with Crippen molar-refractivity contribution in [2.75, 3.05) is 0 Å². The van der Waals surface area contributed by atoms with Crippen LogP contribution >= 0.6 is 15.9 Å². The van der Waals surface area contributed by atoms with Crippen molar-refractivity contribution in [2.24, 2.45) is 5.73 Å². The summed E-state index contributed by atoms with van der Waals surface area (Å²) >= 11 is 3.56. The maximum Gasteiger partial charge on any atom is 0.0953 e. The van der Waals surface area contributed by atoms with Gasteiger partial charge in [0.2, 0.25) is 0 Å². The Morgan fingerprint density at radius 3 is 2.80 bits per heavy atom. The van der Waals surface area contributed by atoms with Gasteiger partial charge in [-0.25, -0.2) is 0 Å². The van der Waals surface area contributed by atoms with Gasteiger partial charge in [0.1, 0.15) is 0 Å². The van der Waals surface area contributed by atoms with Gasteiger partial charge in [-0.2, -0.15) is 0 Å². The van der Waals surface area contributed by atoms with E-state index in [-0.39, 0.29) is 6.04 Å². The van der Waals surface area contributed by atoms with E-state index in [0.717, 1.165) is 15.6 Å². The van der Waals surface area contributed by atoms with Crippen molar-refractivity contribution in [3.63, 3.8) is 0 Å². The van der Waals surface area contributed by atoms with Crippen LogP contribution in [0, 0.1) is 6.92 Å². The van der Waals surface area contributed by atoms with Gasteiger partial charge in [-0.05, 0) is 24.1 Å². The summed E-state index contributed by atoms with van der Waals surface area (Å²) in [5.41, 5.74) is 9.39. The van der Waals surface area contributed by atoms with Crippen LogP contribution in [0.3, 0.4) is 0 Å². The van der Waals surface area contributed by atoms with Crippen LogP contribution in [-0.2, 0) is 0 Å². The highest BCUT2D eigenvalue weighted by Gasteiger charge is 2.13. The highest BCUT2D eigenvalue weighted by atomic mass is 79.9. The molecule has 1 aromatic heterocycles. The minimum atomic E-state index is -0.141. The number of rotatable bonds is 2. The minimum Gasteiger partial charge on any atom is -0.472 e. The third kappa shape index (κ3) is 1.98. The molecule has 2 aromatic rings. The van der Waals surface area contributed by atoms with E-state index in [0.29, 0.717) is 0 Å². The molecule has 2 N–H and O–H groups in total. The van der Waals surface area contributed by atoms with E-state index >= 15 is 0 Å². The molecule has 15 heavy (non-hydrogen) atoms. The largest absolute Gasteiger partial charge is 0.472 e. The molecule has 1 atom stereocenters. The normalized spacial score (nSPS) is 12.7. The monoisotopic (exact) mass is 265 g/mol. The molecule has 2 rings (SSSR count). The molecule has 1 unspecified atom stereocenters. The molecular formula is C12H12BrNO. The smallest absolute Gasteiger partial charge is 0.0953 e. The van der Waals surface area contributed by atoms with Crippen molar-refractivity contribution in [3.05, 3.63) is 58.0 Å². The highest BCUT2D eigenvalue weighted by Crippen LogP contribution is 2.29. The third-order valence-electron chi connectivity index (χ3n) is 2.46. The Bertz CT molecular complexity index is 451. The van der Waals surface area contributed by atoms with Crippen molar-refractivity contribution in [1.82, 2.24) is 0 Å². The number of nitrogens with two attached hydrogens (primary N) is 1. The summed E-state index contributed by atoms with van der Waals surface area (Å²) in [6, 6.07) is 7.83. The number of aryl methyl sites for hydroxylation is 1. The van der Waals surface area contributed by atoms with Crippen molar-refractivity contribution >= 4 is 15.9 Å². The average Bonchev–Trinajstić information content (AvgIpc) is 2.74. The van der Waals surface area contributed by atoms with E-state index < -0.39 is 0 Å². The summed E-state index contributed by atoms with van der Waals surface area (Å²) < 4.78 is 6.10. The number of hydrogen-bond acceptors (Lipinski definition) is 2. The second-order valence-corrected chi connectivity index (χ2v) is 4.31. The first-order chi connectivity index (χ1) is 7.20. The Labute approximate surface area is 97.2 Å². The molecule has 0 bridgehead atoms. The zero-order valence-electron chi connectivity index (χ0n) is 8.41. The van der Waals surface area contributed by atoms with Crippen LogP contribution in [0.5, 0.6) is 0 Å². The fraction of sp³-hybridized carbons (Fsp3) is 0.167. The first kappa shape index (κ1) is 10.5. The molecule has 78 valence electrons. The number of furan rings is 1. The molecular weight excluding hydrogens is 254 g/mol. The lowest BCUT2D eigenvalue weighted by Gasteiger charge is -2.13. The van der Waals surface area contributed by atoms with E-state index in [1.54, 1.807) is 12.5 Å². The van der Waals surface area contributed by atoms with E-state index in [2.05, 4.69) is 28.9 Å². The fourth-order valence-corrected chi connectivity index (χ4v) is 2.05. The lowest BCUT2D eigenvalue weighted by Crippen LogP contribution is -2.11. The predicted molar refractivity (Wildman–Crippen MR) is 63.6 cm³/mol. The summed E-state index contributed by atoms with van der Waals surface area (Å²) in [6.07, 6.45) is 3.32. The molecule has 0 saturated carbocycles. The van der Waals surface area contributed by atoms with E-state index in [4.69, 9.17) is 10.2 Å². The molecule has 1 aromatic carbocycles. The molecule has 0 saturated heterocycles. The summed E-state index contributed by atoms with van der Waals surface area (Å²) in [5.74, 6) is 0. The number of benzene rings is 1. The maximum absolute atomic E-state index is 6.14. The Morgan fingerprint density at radius 2 is 2.13 bits per heavy atom. The summed E-state index contributed by atoms with van der Waals surface area (Å²) in [6.45, 7) is 2.05. The molecule has 3 heteroatoms. The SMILES string of the molecule is Cc1cccc(C(N)c2ccoc2)c1Br. The van der Waals surface area contributed by atoms with Crippen LogP contribution in [-0.4, -0.2) is 0 Å². The van der Waals surface area contributed by atoms with Crippen molar-refractivity contribution in [1.29, 1.82) is 0 Å². The first-order valence-electron chi connectivity index (χ1n) is 4.73.